The monoisotopic (exact) mass is 445 g/mol. The van der Waals surface area contributed by atoms with Gasteiger partial charge >= 0.3 is 11.9 Å². The van der Waals surface area contributed by atoms with E-state index in [-0.39, 0.29) is 13.2 Å². The van der Waals surface area contributed by atoms with Crippen LogP contribution < -0.4 is 4.90 Å². The van der Waals surface area contributed by atoms with E-state index in [9.17, 15) is 9.59 Å². The highest BCUT2D eigenvalue weighted by Gasteiger charge is 2.39. The van der Waals surface area contributed by atoms with Gasteiger partial charge in [-0.25, -0.2) is 0 Å². The molecule has 0 saturated heterocycles. The third-order valence-corrected chi connectivity index (χ3v) is 5.47. The van der Waals surface area contributed by atoms with E-state index >= 15 is 0 Å². The molecule has 1 atom stereocenters. The predicted octanol–water partition coefficient (Wildman–Crippen LogP) is 5.66. The first-order valence-electron chi connectivity index (χ1n) is 11.3. The van der Waals surface area contributed by atoms with Crippen LogP contribution in [0.4, 0.5) is 11.4 Å². The molecule has 0 radical (unpaired) electrons. The van der Waals surface area contributed by atoms with Crippen molar-refractivity contribution in [3.8, 4) is 0 Å². The normalized spacial score (nSPS) is 11.6. The maximum atomic E-state index is 13.1. The Balaban J connectivity index is 2.12. The van der Waals surface area contributed by atoms with E-state index in [1.807, 2.05) is 91.9 Å². The Kier molecular flexibility index (Phi) is 8.64. The quantitative estimate of drug-likeness (QED) is 0.298. The first-order chi connectivity index (χ1) is 16.0. The number of carbonyl (C=O) groups is 2. The molecular formula is C28H31NO4. The zero-order valence-corrected chi connectivity index (χ0v) is 19.4. The first-order valence-corrected chi connectivity index (χ1v) is 11.3. The maximum absolute atomic E-state index is 13.1. The van der Waals surface area contributed by atoms with Crippen molar-refractivity contribution in [2.24, 2.45) is 5.92 Å². The molecule has 0 aliphatic rings. The van der Waals surface area contributed by atoms with Crippen molar-refractivity contribution in [2.75, 3.05) is 24.7 Å². The zero-order valence-electron chi connectivity index (χ0n) is 19.4. The van der Waals surface area contributed by atoms with Gasteiger partial charge in [0, 0.05) is 23.8 Å². The topological polar surface area (TPSA) is 55.8 Å². The second-order valence-corrected chi connectivity index (χ2v) is 7.78. The van der Waals surface area contributed by atoms with Crippen LogP contribution in [0.25, 0.3) is 0 Å². The summed E-state index contributed by atoms with van der Waals surface area (Å²) in [5.41, 5.74) is 3.87. The van der Waals surface area contributed by atoms with Gasteiger partial charge in [-0.15, -0.1) is 0 Å². The van der Waals surface area contributed by atoms with Crippen LogP contribution in [-0.2, 0) is 19.1 Å². The van der Waals surface area contributed by atoms with Crippen molar-refractivity contribution in [1.82, 2.24) is 0 Å². The van der Waals surface area contributed by atoms with Crippen molar-refractivity contribution in [3.63, 3.8) is 0 Å². The van der Waals surface area contributed by atoms with Crippen LogP contribution in [0.1, 0.15) is 30.9 Å². The van der Waals surface area contributed by atoms with Crippen LogP contribution in [0.15, 0.2) is 84.9 Å². The fourth-order valence-corrected chi connectivity index (χ4v) is 3.97. The van der Waals surface area contributed by atoms with E-state index in [1.165, 1.54) is 0 Å². The van der Waals surface area contributed by atoms with Gasteiger partial charge in [0.1, 0.15) is 0 Å². The number of esters is 2. The summed E-state index contributed by atoms with van der Waals surface area (Å²) in [5, 5.41) is 0. The lowest BCUT2D eigenvalue weighted by molar-refractivity contribution is -0.162. The highest BCUT2D eigenvalue weighted by Crippen LogP contribution is 2.34. The molecule has 33 heavy (non-hydrogen) atoms. The first kappa shape index (κ1) is 24.1. The molecular weight excluding hydrogens is 414 g/mol. The minimum atomic E-state index is -1.08. The van der Waals surface area contributed by atoms with Crippen molar-refractivity contribution in [3.05, 3.63) is 96.1 Å². The summed E-state index contributed by atoms with van der Waals surface area (Å²) in [4.78, 5) is 28.3. The summed E-state index contributed by atoms with van der Waals surface area (Å²) in [6.07, 6.45) is 0. The number of anilines is 2. The number of ether oxygens (including phenoxy) is 2. The lowest BCUT2D eigenvalue weighted by Gasteiger charge is -2.32. The number of hydrogen-bond donors (Lipinski definition) is 0. The summed E-state index contributed by atoms with van der Waals surface area (Å²) in [7, 11) is 0. The largest absolute Gasteiger partial charge is 0.465 e. The number of aryl methyl sites for hydroxylation is 1. The van der Waals surface area contributed by atoms with Gasteiger partial charge in [0.25, 0.3) is 0 Å². The Hall–Kier alpha value is -3.60. The second-order valence-electron chi connectivity index (χ2n) is 7.78. The van der Waals surface area contributed by atoms with E-state index in [4.69, 9.17) is 9.47 Å². The number of benzene rings is 3. The van der Waals surface area contributed by atoms with Crippen LogP contribution in [0, 0.1) is 12.8 Å². The van der Waals surface area contributed by atoms with Gasteiger partial charge in [-0.1, -0.05) is 66.2 Å². The molecule has 0 heterocycles. The Morgan fingerprint density at radius 3 is 1.73 bits per heavy atom. The van der Waals surface area contributed by atoms with Crippen LogP contribution in [-0.4, -0.2) is 31.7 Å². The number of nitrogens with zero attached hydrogens (tertiary/aromatic N) is 1. The van der Waals surface area contributed by atoms with Gasteiger partial charge in [0.15, 0.2) is 5.92 Å². The number of rotatable bonds is 10. The molecule has 0 aliphatic carbocycles. The molecule has 0 aliphatic heterocycles. The van der Waals surface area contributed by atoms with Crippen LogP contribution >= 0.6 is 0 Å². The predicted molar refractivity (Wildman–Crippen MR) is 131 cm³/mol. The van der Waals surface area contributed by atoms with Crippen molar-refractivity contribution >= 4 is 23.3 Å². The molecule has 0 spiro atoms. The Morgan fingerprint density at radius 1 is 0.758 bits per heavy atom. The maximum Gasteiger partial charge on any atom is 0.321 e. The molecule has 3 rings (SSSR count). The second kappa shape index (κ2) is 11.9. The van der Waals surface area contributed by atoms with Crippen molar-refractivity contribution < 1.29 is 19.1 Å². The summed E-state index contributed by atoms with van der Waals surface area (Å²) in [6, 6.07) is 27.8. The summed E-state index contributed by atoms with van der Waals surface area (Å²) >= 11 is 0. The lowest BCUT2D eigenvalue weighted by atomic mass is 9.84. The van der Waals surface area contributed by atoms with Gasteiger partial charge in [-0.2, -0.15) is 0 Å². The standard InChI is InChI=1S/C28H31NO4/c1-4-32-27(30)26(28(31)33-5-2)25(22-14-12-13-21(3)19-22)20-29(23-15-8-6-9-16-23)24-17-10-7-11-18-24/h6-19,25-26H,4-5,20H2,1-3H3. The van der Waals surface area contributed by atoms with Gasteiger partial charge < -0.3 is 14.4 Å². The highest BCUT2D eigenvalue weighted by atomic mass is 16.6. The molecule has 172 valence electrons. The highest BCUT2D eigenvalue weighted by molar-refractivity contribution is 5.96. The third-order valence-electron chi connectivity index (χ3n) is 5.47. The summed E-state index contributed by atoms with van der Waals surface area (Å²) in [5.74, 6) is -2.70. The molecule has 3 aromatic carbocycles. The van der Waals surface area contributed by atoms with E-state index in [2.05, 4.69) is 4.90 Å². The van der Waals surface area contributed by atoms with Crippen LogP contribution in [0.5, 0.6) is 0 Å². The summed E-state index contributed by atoms with van der Waals surface area (Å²) in [6.45, 7) is 6.24. The van der Waals surface area contributed by atoms with E-state index in [0.717, 1.165) is 22.5 Å². The fourth-order valence-electron chi connectivity index (χ4n) is 3.97. The third kappa shape index (κ3) is 6.22. The fraction of sp³-hybridized carbons (Fsp3) is 0.286. The molecule has 0 fully saturated rings. The molecule has 0 saturated carbocycles. The van der Waals surface area contributed by atoms with Gasteiger partial charge in [0.05, 0.1) is 13.2 Å². The minimum absolute atomic E-state index is 0.191. The molecule has 5 heteroatoms. The van der Waals surface area contributed by atoms with E-state index in [0.29, 0.717) is 6.54 Å². The number of carbonyl (C=O) groups excluding carboxylic acids is 2. The Labute approximate surface area is 196 Å². The zero-order chi connectivity index (χ0) is 23.6. The molecule has 1 unspecified atom stereocenters. The van der Waals surface area contributed by atoms with Gasteiger partial charge in [-0.05, 0) is 50.6 Å². The SMILES string of the molecule is CCOC(=O)C(C(=O)OCC)C(CN(c1ccccc1)c1ccccc1)c1cccc(C)c1. The number of hydrogen-bond acceptors (Lipinski definition) is 5. The molecule has 0 N–H and O–H groups in total. The van der Waals surface area contributed by atoms with Crippen LogP contribution in [0.2, 0.25) is 0 Å². The number of para-hydroxylation sites is 2. The van der Waals surface area contributed by atoms with Gasteiger partial charge in [-0.3, -0.25) is 9.59 Å². The van der Waals surface area contributed by atoms with Crippen molar-refractivity contribution in [1.29, 1.82) is 0 Å². The molecule has 3 aromatic rings. The minimum Gasteiger partial charge on any atom is -0.465 e. The van der Waals surface area contributed by atoms with Crippen molar-refractivity contribution in [2.45, 2.75) is 26.7 Å². The molecule has 5 nitrogen and oxygen atoms in total. The average molecular weight is 446 g/mol. The smallest absolute Gasteiger partial charge is 0.321 e. The Bertz CT molecular complexity index is 979. The molecule has 0 bridgehead atoms. The molecule has 0 amide bonds. The lowest BCUT2D eigenvalue weighted by Crippen LogP contribution is -2.38. The Morgan fingerprint density at radius 2 is 1.27 bits per heavy atom. The van der Waals surface area contributed by atoms with E-state index < -0.39 is 23.8 Å². The van der Waals surface area contributed by atoms with Gasteiger partial charge in [0.2, 0.25) is 0 Å². The average Bonchev–Trinajstić information content (AvgIpc) is 2.83. The summed E-state index contributed by atoms with van der Waals surface area (Å²) < 4.78 is 10.7. The van der Waals surface area contributed by atoms with E-state index in [1.54, 1.807) is 13.8 Å². The van der Waals surface area contributed by atoms with Crippen LogP contribution in [0.3, 0.4) is 0 Å². The molecule has 0 aromatic heterocycles.